The Labute approximate surface area is 217 Å². The highest BCUT2D eigenvalue weighted by Gasteiger charge is 2.53. The van der Waals surface area contributed by atoms with Gasteiger partial charge in [0, 0.05) is 42.7 Å². The zero-order valence-corrected chi connectivity index (χ0v) is 22.6. The summed E-state index contributed by atoms with van der Waals surface area (Å²) in [6.07, 6.45) is 4.59. The van der Waals surface area contributed by atoms with Crippen LogP contribution in [0.3, 0.4) is 0 Å². The van der Waals surface area contributed by atoms with Crippen molar-refractivity contribution in [3.05, 3.63) is 30.7 Å². The zero-order chi connectivity index (χ0) is 26.6. The maximum atomic E-state index is 13.5. The van der Waals surface area contributed by atoms with Crippen LogP contribution in [0.15, 0.2) is 30.7 Å². The first-order valence-electron chi connectivity index (χ1n) is 12.6. The van der Waals surface area contributed by atoms with Crippen LogP contribution in [0.1, 0.15) is 48.5 Å². The van der Waals surface area contributed by atoms with Crippen molar-refractivity contribution in [2.75, 3.05) is 31.2 Å². The lowest BCUT2D eigenvalue weighted by Crippen LogP contribution is -2.41. The number of aromatic nitrogens is 4. The Balaban J connectivity index is 1.76. The van der Waals surface area contributed by atoms with E-state index >= 15 is 0 Å². The van der Waals surface area contributed by atoms with Gasteiger partial charge in [-0.1, -0.05) is 0 Å². The highest BCUT2D eigenvalue weighted by molar-refractivity contribution is 6.65. The normalized spacial score (nSPS) is 19.4. The number of ether oxygens (including phenoxy) is 2. The van der Waals surface area contributed by atoms with E-state index in [0.717, 1.165) is 5.56 Å². The molecule has 0 aromatic carbocycles. The van der Waals surface area contributed by atoms with E-state index in [0.29, 0.717) is 54.4 Å². The summed E-state index contributed by atoms with van der Waals surface area (Å²) in [5.74, 6) is 0.558. The molecule has 11 heteroatoms. The quantitative estimate of drug-likeness (QED) is 0.494. The molecule has 3 aromatic rings. The number of carbonyl (C=O) groups excluding carboxylic acids is 1. The lowest BCUT2D eigenvalue weighted by atomic mass is 9.80. The second-order valence-electron chi connectivity index (χ2n) is 11.4. The molecule has 10 nitrogen and oxygen atoms in total. The highest BCUT2D eigenvalue weighted by Crippen LogP contribution is 2.38. The van der Waals surface area contributed by atoms with Crippen molar-refractivity contribution in [3.63, 3.8) is 0 Å². The fourth-order valence-corrected chi connectivity index (χ4v) is 4.35. The van der Waals surface area contributed by atoms with Crippen LogP contribution in [-0.4, -0.2) is 75.8 Å². The van der Waals surface area contributed by atoms with E-state index in [1.807, 2.05) is 60.6 Å². The molecule has 0 aliphatic carbocycles. The summed E-state index contributed by atoms with van der Waals surface area (Å²) >= 11 is 0. The molecule has 37 heavy (non-hydrogen) atoms. The van der Waals surface area contributed by atoms with Gasteiger partial charge in [-0.3, -0.25) is 4.98 Å². The Morgan fingerprint density at radius 2 is 1.65 bits per heavy atom. The Hall–Kier alpha value is -3.02. The van der Waals surface area contributed by atoms with Crippen LogP contribution in [-0.2, 0) is 18.8 Å². The SMILES string of the molecule is CC(C)(C)OC(=O)n1cc(B2OC(C)(C)C(C)(C)O2)c2nc(N3CCOCC3)nc(-c3ccncc3)c21. The van der Waals surface area contributed by atoms with Gasteiger partial charge < -0.3 is 23.7 Å². The maximum Gasteiger partial charge on any atom is 0.498 e. The maximum absolute atomic E-state index is 13.5. The number of nitrogens with zero attached hydrogens (tertiary/aromatic N) is 5. The van der Waals surface area contributed by atoms with E-state index in [9.17, 15) is 4.79 Å². The molecule has 5 rings (SSSR count). The van der Waals surface area contributed by atoms with Crippen LogP contribution in [0.2, 0.25) is 0 Å². The lowest BCUT2D eigenvalue weighted by Gasteiger charge is -2.32. The third-order valence-electron chi connectivity index (χ3n) is 7.00. The van der Waals surface area contributed by atoms with Gasteiger partial charge in [0.2, 0.25) is 5.95 Å². The molecule has 2 saturated heterocycles. The van der Waals surface area contributed by atoms with Crippen LogP contribution < -0.4 is 10.4 Å². The minimum Gasteiger partial charge on any atom is -0.443 e. The predicted octanol–water partition coefficient (Wildman–Crippen LogP) is 3.41. The fraction of sp³-hybridized carbons (Fsp3) is 0.538. The summed E-state index contributed by atoms with van der Waals surface area (Å²) in [5, 5.41) is 0. The third-order valence-corrected chi connectivity index (χ3v) is 7.00. The van der Waals surface area contributed by atoms with Crippen molar-refractivity contribution in [1.82, 2.24) is 19.5 Å². The highest BCUT2D eigenvalue weighted by atomic mass is 16.7. The number of anilines is 1. The number of rotatable bonds is 3. The number of pyridine rings is 1. The molecule has 0 spiro atoms. The Morgan fingerprint density at radius 3 is 2.24 bits per heavy atom. The summed E-state index contributed by atoms with van der Waals surface area (Å²) in [6.45, 7) is 16.0. The molecule has 0 saturated carbocycles. The average molecular weight is 507 g/mol. The van der Waals surface area contributed by atoms with Gasteiger partial charge in [0.25, 0.3) is 0 Å². The van der Waals surface area contributed by atoms with Crippen molar-refractivity contribution in [2.45, 2.75) is 65.3 Å². The molecule has 0 unspecified atom stereocenters. The fourth-order valence-electron chi connectivity index (χ4n) is 4.35. The molecule has 0 N–H and O–H groups in total. The summed E-state index contributed by atoms with van der Waals surface area (Å²) < 4.78 is 25.6. The summed E-state index contributed by atoms with van der Waals surface area (Å²) in [5.41, 5.74) is 1.34. The first-order chi connectivity index (χ1) is 17.4. The van der Waals surface area contributed by atoms with E-state index in [4.69, 9.17) is 28.8 Å². The minimum atomic E-state index is -0.728. The number of fused-ring (bicyclic) bond motifs is 1. The molecule has 0 radical (unpaired) electrons. The zero-order valence-electron chi connectivity index (χ0n) is 22.6. The average Bonchev–Trinajstić information content (AvgIpc) is 3.32. The minimum absolute atomic E-state index is 0.529. The first-order valence-corrected chi connectivity index (χ1v) is 12.6. The van der Waals surface area contributed by atoms with Crippen molar-refractivity contribution >= 4 is 35.7 Å². The predicted molar refractivity (Wildman–Crippen MR) is 141 cm³/mol. The molecule has 0 atom stereocenters. The van der Waals surface area contributed by atoms with Crippen LogP contribution in [0.5, 0.6) is 0 Å². The van der Waals surface area contributed by atoms with E-state index in [1.54, 1.807) is 18.6 Å². The smallest absolute Gasteiger partial charge is 0.443 e. The van der Waals surface area contributed by atoms with Crippen molar-refractivity contribution in [2.24, 2.45) is 0 Å². The molecule has 0 bridgehead atoms. The molecule has 196 valence electrons. The molecule has 2 aliphatic rings. The molecular weight excluding hydrogens is 473 g/mol. The molecule has 3 aromatic heterocycles. The number of carbonyl (C=O) groups is 1. The van der Waals surface area contributed by atoms with Crippen LogP contribution >= 0.6 is 0 Å². The van der Waals surface area contributed by atoms with Gasteiger partial charge in [0.15, 0.2) is 0 Å². The second kappa shape index (κ2) is 9.07. The molecule has 5 heterocycles. The van der Waals surface area contributed by atoms with Crippen molar-refractivity contribution in [3.8, 4) is 11.3 Å². The lowest BCUT2D eigenvalue weighted by molar-refractivity contribution is 0.00578. The Kier molecular flexibility index (Phi) is 6.28. The van der Waals surface area contributed by atoms with Gasteiger partial charge in [-0.25, -0.2) is 19.3 Å². The van der Waals surface area contributed by atoms with Crippen LogP contribution in [0.4, 0.5) is 10.7 Å². The Morgan fingerprint density at radius 1 is 1.03 bits per heavy atom. The van der Waals surface area contributed by atoms with Gasteiger partial charge >= 0.3 is 13.2 Å². The summed E-state index contributed by atoms with van der Waals surface area (Å²) in [7, 11) is -0.728. The van der Waals surface area contributed by atoms with Crippen LogP contribution in [0.25, 0.3) is 22.3 Å². The first kappa shape index (κ1) is 25.6. The third kappa shape index (κ3) is 4.83. The topological polar surface area (TPSA) is 101 Å². The van der Waals surface area contributed by atoms with Crippen LogP contribution in [0, 0.1) is 0 Å². The number of morpholine rings is 1. The molecular formula is C26H34BN5O5. The molecule has 2 aliphatic heterocycles. The van der Waals surface area contributed by atoms with Crippen molar-refractivity contribution in [1.29, 1.82) is 0 Å². The van der Waals surface area contributed by atoms with Gasteiger partial charge in [-0.05, 0) is 60.6 Å². The standard InChI is InChI=1S/C26H34BN5O5/c1-24(2,3)35-23(33)32-16-18(27-36-25(4,5)26(6,7)37-27)20-21(32)19(17-8-10-28-11-9-17)29-22(30-20)31-12-14-34-15-13-31/h8-11,16H,12-15H2,1-7H3. The number of hydrogen-bond donors (Lipinski definition) is 0. The summed E-state index contributed by atoms with van der Waals surface area (Å²) in [6, 6.07) is 3.73. The second-order valence-corrected chi connectivity index (χ2v) is 11.4. The van der Waals surface area contributed by atoms with E-state index in [1.165, 1.54) is 4.57 Å². The van der Waals surface area contributed by atoms with Gasteiger partial charge in [0.05, 0.1) is 29.9 Å². The monoisotopic (exact) mass is 507 g/mol. The Bertz CT molecular complexity index is 1300. The van der Waals surface area contributed by atoms with Gasteiger partial charge in [0.1, 0.15) is 16.8 Å². The van der Waals surface area contributed by atoms with Gasteiger partial charge in [-0.15, -0.1) is 0 Å². The van der Waals surface area contributed by atoms with Gasteiger partial charge in [-0.2, -0.15) is 0 Å². The van der Waals surface area contributed by atoms with E-state index < -0.39 is 30.0 Å². The van der Waals surface area contributed by atoms with E-state index in [-0.39, 0.29) is 0 Å². The van der Waals surface area contributed by atoms with E-state index in [2.05, 4.69) is 9.88 Å². The molecule has 2 fully saturated rings. The van der Waals surface area contributed by atoms with Crippen molar-refractivity contribution < 1.29 is 23.6 Å². The largest absolute Gasteiger partial charge is 0.498 e. The molecule has 0 amide bonds. The number of hydrogen-bond acceptors (Lipinski definition) is 9. The summed E-state index contributed by atoms with van der Waals surface area (Å²) in [4.78, 5) is 29.7.